The number of rotatable bonds is 4. The molecule has 1 N–H and O–H groups in total. The molecule has 1 atom stereocenters. The molecule has 0 fully saturated rings. The van der Waals surface area contributed by atoms with Crippen LogP contribution in [-0.4, -0.2) is 29.2 Å². The van der Waals surface area contributed by atoms with Crippen LogP contribution in [-0.2, 0) is 22.4 Å². The molecular weight excluding hydrogens is 240 g/mol. The van der Waals surface area contributed by atoms with Crippen molar-refractivity contribution in [3.05, 3.63) is 35.4 Å². The highest BCUT2D eigenvalue weighted by molar-refractivity contribution is 6.18. The Kier molecular flexibility index (Phi) is 3.69. The number of hydrogen-bond acceptors (Lipinski definition) is 2. The van der Waals surface area contributed by atoms with Crippen molar-refractivity contribution >= 4 is 17.6 Å². The maximum Gasteiger partial charge on any atom is 0.336 e. The maximum atomic E-state index is 11.4. The van der Waals surface area contributed by atoms with E-state index in [1.165, 1.54) is 5.56 Å². The highest BCUT2D eigenvalue weighted by Crippen LogP contribution is 2.32. The predicted octanol–water partition coefficient (Wildman–Crippen LogP) is 2.25. The van der Waals surface area contributed by atoms with Crippen molar-refractivity contribution in [2.45, 2.75) is 24.9 Å². The first kappa shape index (κ1) is 12.4. The Hall–Kier alpha value is -1.06. The molecule has 0 radical (unpaired) electrons. The van der Waals surface area contributed by atoms with E-state index in [1.807, 2.05) is 24.3 Å². The van der Waals surface area contributed by atoms with E-state index in [1.54, 1.807) is 0 Å². The van der Waals surface area contributed by atoms with Gasteiger partial charge in [0.1, 0.15) is 0 Å². The van der Waals surface area contributed by atoms with Crippen LogP contribution in [0.2, 0.25) is 0 Å². The monoisotopic (exact) mass is 254 g/mol. The maximum absolute atomic E-state index is 11.4. The third kappa shape index (κ3) is 2.45. The Bertz CT molecular complexity index is 419. The Balaban J connectivity index is 2.24. The van der Waals surface area contributed by atoms with E-state index in [0.717, 1.165) is 12.0 Å². The SMILES string of the molecule is O=C(O)C1(OCCCl)CCc2ccccc2C1. The van der Waals surface area contributed by atoms with Crippen LogP contribution >= 0.6 is 11.6 Å². The molecule has 1 aromatic rings. The van der Waals surface area contributed by atoms with Gasteiger partial charge in [0.05, 0.1) is 6.61 Å². The molecule has 3 nitrogen and oxygen atoms in total. The molecule has 17 heavy (non-hydrogen) atoms. The van der Waals surface area contributed by atoms with Crippen molar-refractivity contribution in [3.8, 4) is 0 Å². The molecule has 0 aromatic heterocycles. The van der Waals surface area contributed by atoms with Crippen LogP contribution in [0.1, 0.15) is 17.5 Å². The van der Waals surface area contributed by atoms with Gasteiger partial charge in [0.15, 0.2) is 5.60 Å². The van der Waals surface area contributed by atoms with E-state index in [9.17, 15) is 9.90 Å². The summed E-state index contributed by atoms with van der Waals surface area (Å²) in [7, 11) is 0. The predicted molar refractivity (Wildman–Crippen MR) is 65.5 cm³/mol. The average Bonchev–Trinajstić information content (AvgIpc) is 2.36. The molecular formula is C13H15ClO3. The third-order valence-corrected chi connectivity index (χ3v) is 3.39. The first-order chi connectivity index (χ1) is 8.18. The number of fused-ring (bicyclic) bond motifs is 1. The van der Waals surface area contributed by atoms with E-state index in [0.29, 0.717) is 18.7 Å². The largest absolute Gasteiger partial charge is 0.479 e. The summed E-state index contributed by atoms with van der Waals surface area (Å²) < 4.78 is 5.51. The van der Waals surface area contributed by atoms with Crippen molar-refractivity contribution in [3.63, 3.8) is 0 Å². The van der Waals surface area contributed by atoms with E-state index in [2.05, 4.69) is 0 Å². The highest BCUT2D eigenvalue weighted by atomic mass is 35.5. The number of benzene rings is 1. The number of halogens is 1. The van der Waals surface area contributed by atoms with Gasteiger partial charge in [-0.05, 0) is 24.0 Å². The fourth-order valence-electron chi connectivity index (χ4n) is 2.31. The summed E-state index contributed by atoms with van der Waals surface area (Å²) in [5, 5.41) is 9.37. The number of ether oxygens (including phenoxy) is 1. The molecule has 0 spiro atoms. The van der Waals surface area contributed by atoms with Crippen LogP contribution in [0.15, 0.2) is 24.3 Å². The van der Waals surface area contributed by atoms with Crippen molar-refractivity contribution in [2.24, 2.45) is 0 Å². The fourth-order valence-corrected chi connectivity index (χ4v) is 2.39. The Morgan fingerprint density at radius 1 is 1.41 bits per heavy atom. The summed E-state index contributed by atoms with van der Waals surface area (Å²) in [5.74, 6) is -0.575. The van der Waals surface area contributed by atoms with Crippen LogP contribution in [0.25, 0.3) is 0 Å². The van der Waals surface area contributed by atoms with Gasteiger partial charge in [-0.25, -0.2) is 4.79 Å². The summed E-state index contributed by atoms with van der Waals surface area (Å²) in [6.07, 6.45) is 1.68. The van der Waals surface area contributed by atoms with Gasteiger partial charge < -0.3 is 9.84 Å². The molecule has 0 aliphatic heterocycles. The van der Waals surface area contributed by atoms with Gasteiger partial charge in [0.25, 0.3) is 0 Å². The zero-order valence-corrected chi connectivity index (χ0v) is 10.2. The van der Waals surface area contributed by atoms with Crippen molar-refractivity contribution in [1.29, 1.82) is 0 Å². The molecule has 0 saturated carbocycles. The average molecular weight is 255 g/mol. The fraction of sp³-hybridized carbons (Fsp3) is 0.462. The number of hydrogen-bond donors (Lipinski definition) is 1. The molecule has 4 heteroatoms. The van der Waals surface area contributed by atoms with E-state index < -0.39 is 11.6 Å². The minimum atomic E-state index is -1.09. The van der Waals surface area contributed by atoms with Crippen molar-refractivity contribution < 1.29 is 14.6 Å². The second-order valence-electron chi connectivity index (χ2n) is 4.28. The zero-order valence-electron chi connectivity index (χ0n) is 9.49. The molecule has 1 unspecified atom stereocenters. The van der Waals surface area contributed by atoms with Crippen LogP contribution in [0.4, 0.5) is 0 Å². The molecule has 0 saturated heterocycles. The first-order valence-electron chi connectivity index (χ1n) is 5.68. The van der Waals surface area contributed by atoms with E-state index in [-0.39, 0.29) is 6.61 Å². The molecule has 0 bridgehead atoms. The molecule has 0 amide bonds. The topological polar surface area (TPSA) is 46.5 Å². The summed E-state index contributed by atoms with van der Waals surface area (Å²) in [6.45, 7) is 0.274. The van der Waals surface area contributed by atoms with Gasteiger partial charge in [0.2, 0.25) is 0 Å². The normalized spacial score (nSPS) is 23.1. The number of carboxylic acids is 1. The quantitative estimate of drug-likeness (QED) is 0.839. The van der Waals surface area contributed by atoms with Gasteiger partial charge in [-0.2, -0.15) is 0 Å². The van der Waals surface area contributed by atoms with Gasteiger partial charge in [0, 0.05) is 12.3 Å². The van der Waals surface area contributed by atoms with Crippen LogP contribution in [0, 0.1) is 0 Å². The number of carbonyl (C=O) groups is 1. The second-order valence-corrected chi connectivity index (χ2v) is 4.66. The minimum absolute atomic E-state index is 0.274. The number of aryl methyl sites for hydroxylation is 1. The molecule has 2 rings (SSSR count). The van der Waals surface area contributed by atoms with Gasteiger partial charge in [-0.3, -0.25) is 0 Å². The van der Waals surface area contributed by atoms with E-state index >= 15 is 0 Å². The smallest absolute Gasteiger partial charge is 0.336 e. The van der Waals surface area contributed by atoms with Gasteiger partial charge in [-0.1, -0.05) is 24.3 Å². The van der Waals surface area contributed by atoms with E-state index in [4.69, 9.17) is 16.3 Å². The highest BCUT2D eigenvalue weighted by Gasteiger charge is 2.42. The van der Waals surface area contributed by atoms with Gasteiger partial charge in [-0.15, -0.1) is 11.6 Å². The van der Waals surface area contributed by atoms with Gasteiger partial charge >= 0.3 is 5.97 Å². The number of alkyl halides is 1. The summed E-state index contributed by atoms with van der Waals surface area (Å²) >= 11 is 5.57. The Labute approximate surface area is 105 Å². The molecule has 1 aliphatic carbocycles. The first-order valence-corrected chi connectivity index (χ1v) is 6.21. The lowest BCUT2D eigenvalue weighted by Gasteiger charge is -2.34. The zero-order chi connectivity index (χ0) is 12.3. The number of carboxylic acid groups (broad SMARTS) is 1. The molecule has 0 heterocycles. The molecule has 1 aromatic carbocycles. The Morgan fingerprint density at radius 3 is 2.76 bits per heavy atom. The summed E-state index contributed by atoms with van der Waals surface area (Å²) in [4.78, 5) is 11.4. The second kappa shape index (κ2) is 5.07. The standard InChI is InChI=1S/C13H15ClO3/c14-7-8-17-13(12(15)16)6-5-10-3-1-2-4-11(10)9-13/h1-4H,5-9H2,(H,15,16). The lowest BCUT2D eigenvalue weighted by Crippen LogP contribution is -2.46. The van der Waals surface area contributed by atoms with Crippen molar-refractivity contribution in [2.75, 3.05) is 12.5 Å². The molecule has 92 valence electrons. The third-order valence-electron chi connectivity index (χ3n) is 3.24. The lowest BCUT2D eigenvalue weighted by atomic mass is 9.80. The molecule has 1 aliphatic rings. The van der Waals surface area contributed by atoms with Crippen LogP contribution in [0.5, 0.6) is 0 Å². The summed E-state index contributed by atoms with van der Waals surface area (Å²) in [5.41, 5.74) is 1.19. The minimum Gasteiger partial charge on any atom is -0.479 e. The lowest BCUT2D eigenvalue weighted by molar-refractivity contribution is -0.167. The van der Waals surface area contributed by atoms with Crippen LogP contribution in [0.3, 0.4) is 0 Å². The van der Waals surface area contributed by atoms with Crippen LogP contribution < -0.4 is 0 Å². The Morgan fingerprint density at radius 2 is 2.12 bits per heavy atom. The van der Waals surface area contributed by atoms with Crippen molar-refractivity contribution in [1.82, 2.24) is 0 Å². The summed E-state index contributed by atoms with van der Waals surface area (Å²) in [6, 6.07) is 7.92. The number of aliphatic carboxylic acids is 1.